The molecule has 90 valence electrons. The number of hydrogen-bond acceptors (Lipinski definition) is 2. The smallest absolute Gasteiger partial charge is 0.306 e. The topological polar surface area (TPSA) is 55.1 Å². The molecule has 4 rings (SSSR count). The van der Waals surface area contributed by atoms with Crippen LogP contribution >= 0.6 is 0 Å². The molecule has 1 aliphatic heterocycles. The molecule has 1 aromatic carbocycles. The molecule has 4 heteroatoms. The summed E-state index contributed by atoms with van der Waals surface area (Å²) < 4.78 is 2.15. The maximum absolute atomic E-state index is 11.1. The molecule has 2 aliphatic rings. The lowest BCUT2D eigenvalue weighted by Crippen LogP contribution is -2.47. The van der Waals surface area contributed by atoms with Gasteiger partial charge >= 0.3 is 5.97 Å². The van der Waals surface area contributed by atoms with E-state index in [1.807, 2.05) is 24.7 Å². The second kappa shape index (κ2) is 3.02. The second-order valence-electron chi connectivity index (χ2n) is 5.17. The van der Waals surface area contributed by atoms with Crippen LogP contribution in [0.25, 0.3) is 11.3 Å². The Balaban J connectivity index is 1.89. The fraction of sp³-hybridized carbons (Fsp3) is 0.286. The molecule has 1 saturated carbocycles. The average molecular weight is 240 g/mol. The fourth-order valence-corrected chi connectivity index (χ4v) is 3.42. The van der Waals surface area contributed by atoms with Gasteiger partial charge in [0.2, 0.25) is 0 Å². The SMILES string of the molecule is O=C(O)C1CC2(C1)c1ccccc1-c1cncn12. The van der Waals surface area contributed by atoms with Gasteiger partial charge in [-0.15, -0.1) is 0 Å². The van der Waals surface area contributed by atoms with Gasteiger partial charge in [-0.2, -0.15) is 0 Å². The van der Waals surface area contributed by atoms with Crippen LogP contribution in [0, 0.1) is 5.92 Å². The first-order chi connectivity index (χ1) is 8.72. The molecule has 1 spiro atoms. The average Bonchev–Trinajstić information content (AvgIpc) is 2.85. The predicted octanol–water partition coefficient (Wildman–Crippen LogP) is 2.10. The Bertz CT molecular complexity index is 653. The second-order valence-corrected chi connectivity index (χ2v) is 5.17. The van der Waals surface area contributed by atoms with E-state index in [9.17, 15) is 4.79 Å². The molecular formula is C14H12N2O2. The molecule has 0 bridgehead atoms. The first-order valence-corrected chi connectivity index (χ1v) is 6.08. The molecule has 0 saturated heterocycles. The zero-order valence-electron chi connectivity index (χ0n) is 9.71. The number of rotatable bonds is 1. The van der Waals surface area contributed by atoms with E-state index in [4.69, 9.17) is 5.11 Å². The van der Waals surface area contributed by atoms with Crippen LogP contribution in [0.2, 0.25) is 0 Å². The van der Waals surface area contributed by atoms with E-state index in [1.54, 1.807) is 0 Å². The number of benzene rings is 1. The van der Waals surface area contributed by atoms with Crippen molar-refractivity contribution in [2.24, 2.45) is 5.92 Å². The Morgan fingerprint density at radius 3 is 2.94 bits per heavy atom. The van der Waals surface area contributed by atoms with Crippen molar-refractivity contribution in [3.63, 3.8) is 0 Å². The Labute approximate surface area is 104 Å². The van der Waals surface area contributed by atoms with E-state index in [2.05, 4.69) is 21.7 Å². The summed E-state index contributed by atoms with van der Waals surface area (Å²) in [4.78, 5) is 15.3. The maximum atomic E-state index is 11.1. The number of fused-ring (bicyclic) bond motifs is 5. The number of carboxylic acids is 1. The molecule has 0 unspecified atom stereocenters. The van der Waals surface area contributed by atoms with Crippen molar-refractivity contribution in [2.75, 3.05) is 0 Å². The third-order valence-electron chi connectivity index (χ3n) is 4.32. The van der Waals surface area contributed by atoms with Gasteiger partial charge in [0.05, 0.1) is 29.7 Å². The minimum atomic E-state index is -0.688. The molecule has 1 fully saturated rings. The summed E-state index contributed by atoms with van der Waals surface area (Å²) in [5.74, 6) is -0.918. The van der Waals surface area contributed by atoms with Crippen molar-refractivity contribution in [1.29, 1.82) is 0 Å². The Morgan fingerprint density at radius 1 is 1.39 bits per heavy atom. The van der Waals surface area contributed by atoms with Crippen LogP contribution in [-0.2, 0) is 10.3 Å². The normalized spacial score (nSPS) is 27.7. The summed E-state index contributed by atoms with van der Waals surface area (Å²) in [7, 11) is 0. The van der Waals surface area contributed by atoms with Crippen molar-refractivity contribution >= 4 is 5.97 Å². The molecule has 1 N–H and O–H groups in total. The zero-order chi connectivity index (χ0) is 12.3. The third kappa shape index (κ3) is 0.967. The molecule has 0 amide bonds. The van der Waals surface area contributed by atoms with Crippen LogP contribution in [0.1, 0.15) is 18.4 Å². The van der Waals surface area contributed by atoms with Crippen molar-refractivity contribution in [2.45, 2.75) is 18.4 Å². The molecule has 0 atom stereocenters. The highest BCUT2D eigenvalue weighted by Gasteiger charge is 2.54. The lowest BCUT2D eigenvalue weighted by Gasteiger charge is -2.45. The number of aromatic nitrogens is 2. The third-order valence-corrected chi connectivity index (χ3v) is 4.32. The van der Waals surface area contributed by atoms with Gasteiger partial charge in [0.1, 0.15) is 0 Å². The van der Waals surface area contributed by atoms with E-state index in [0.717, 1.165) is 5.69 Å². The summed E-state index contributed by atoms with van der Waals surface area (Å²) in [6.07, 6.45) is 5.03. The summed E-state index contributed by atoms with van der Waals surface area (Å²) in [6, 6.07) is 8.24. The lowest BCUT2D eigenvalue weighted by molar-refractivity contribution is -0.147. The highest BCUT2D eigenvalue weighted by molar-refractivity contribution is 5.76. The monoisotopic (exact) mass is 240 g/mol. The minimum Gasteiger partial charge on any atom is -0.481 e. The van der Waals surface area contributed by atoms with Gasteiger partial charge in [-0.3, -0.25) is 4.79 Å². The quantitative estimate of drug-likeness (QED) is 0.830. The molecule has 1 aliphatic carbocycles. The standard InChI is InChI=1S/C14H12N2O2/c17-13(18)9-5-14(6-9)11-4-2-1-3-10(11)12-7-15-8-16(12)14/h1-4,7-9H,5-6H2,(H,17,18). The molecule has 4 nitrogen and oxygen atoms in total. The largest absolute Gasteiger partial charge is 0.481 e. The first-order valence-electron chi connectivity index (χ1n) is 6.08. The number of hydrogen-bond donors (Lipinski definition) is 1. The maximum Gasteiger partial charge on any atom is 0.306 e. The summed E-state index contributed by atoms with van der Waals surface area (Å²) in [5, 5.41) is 9.10. The van der Waals surface area contributed by atoms with E-state index in [1.165, 1.54) is 11.1 Å². The highest BCUT2D eigenvalue weighted by atomic mass is 16.4. The molecule has 1 aromatic heterocycles. The molecule has 18 heavy (non-hydrogen) atoms. The number of aliphatic carboxylic acids is 1. The predicted molar refractivity (Wildman–Crippen MR) is 65.1 cm³/mol. The zero-order valence-corrected chi connectivity index (χ0v) is 9.71. The lowest BCUT2D eigenvalue weighted by atomic mass is 9.65. The van der Waals surface area contributed by atoms with Crippen LogP contribution in [0.15, 0.2) is 36.8 Å². The highest BCUT2D eigenvalue weighted by Crippen LogP contribution is 2.56. The number of carboxylic acid groups (broad SMARTS) is 1. The molecule has 2 aromatic rings. The van der Waals surface area contributed by atoms with Crippen molar-refractivity contribution in [3.8, 4) is 11.3 Å². The van der Waals surface area contributed by atoms with Crippen LogP contribution in [0.5, 0.6) is 0 Å². The Morgan fingerprint density at radius 2 is 2.17 bits per heavy atom. The van der Waals surface area contributed by atoms with E-state index >= 15 is 0 Å². The van der Waals surface area contributed by atoms with Gasteiger partial charge in [0, 0.05) is 5.56 Å². The Kier molecular flexibility index (Phi) is 1.66. The van der Waals surface area contributed by atoms with Gasteiger partial charge in [0.15, 0.2) is 0 Å². The number of nitrogens with zero attached hydrogens (tertiary/aromatic N) is 2. The van der Waals surface area contributed by atoms with Gasteiger partial charge < -0.3 is 9.67 Å². The van der Waals surface area contributed by atoms with Crippen LogP contribution in [0.4, 0.5) is 0 Å². The van der Waals surface area contributed by atoms with Crippen molar-refractivity contribution < 1.29 is 9.90 Å². The minimum absolute atomic E-state index is 0.161. The van der Waals surface area contributed by atoms with Gasteiger partial charge in [0.25, 0.3) is 0 Å². The number of imidazole rings is 1. The summed E-state index contributed by atoms with van der Waals surface area (Å²) in [6.45, 7) is 0. The van der Waals surface area contributed by atoms with E-state index in [0.29, 0.717) is 12.8 Å². The van der Waals surface area contributed by atoms with Crippen LogP contribution in [0.3, 0.4) is 0 Å². The summed E-state index contributed by atoms with van der Waals surface area (Å²) >= 11 is 0. The van der Waals surface area contributed by atoms with Gasteiger partial charge in [-0.1, -0.05) is 24.3 Å². The molecule has 0 radical (unpaired) electrons. The van der Waals surface area contributed by atoms with Gasteiger partial charge in [-0.25, -0.2) is 4.98 Å². The van der Waals surface area contributed by atoms with E-state index in [-0.39, 0.29) is 11.5 Å². The van der Waals surface area contributed by atoms with Crippen LogP contribution in [-0.4, -0.2) is 20.6 Å². The van der Waals surface area contributed by atoms with Crippen molar-refractivity contribution in [1.82, 2.24) is 9.55 Å². The van der Waals surface area contributed by atoms with Crippen LogP contribution < -0.4 is 0 Å². The molecule has 2 heterocycles. The van der Waals surface area contributed by atoms with E-state index < -0.39 is 5.97 Å². The molecular weight excluding hydrogens is 228 g/mol. The summed E-state index contributed by atoms with van der Waals surface area (Å²) in [5.41, 5.74) is 3.39. The van der Waals surface area contributed by atoms with Crippen molar-refractivity contribution in [3.05, 3.63) is 42.4 Å². The van der Waals surface area contributed by atoms with Gasteiger partial charge in [-0.05, 0) is 18.4 Å². The fourth-order valence-electron chi connectivity index (χ4n) is 3.42. The first kappa shape index (κ1) is 9.88. The Hall–Kier alpha value is -2.10. The number of carbonyl (C=O) groups is 1.